The van der Waals surface area contributed by atoms with Crippen LogP contribution >= 0.6 is 0 Å². The zero-order valence-corrected chi connectivity index (χ0v) is 14.9. The SMILES string of the molecule is O=C1C=C(c2ccccc2)O[C@@H](c2ccc(OCc3ccccc3F)cc2)O1. The Morgan fingerprint density at radius 1 is 0.857 bits per heavy atom. The van der Waals surface area contributed by atoms with Gasteiger partial charge in [0.25, 0.3) is 6.29 Å². The van der Waals surface area contributed by atoms with Gasteiger partial charge in [-0.15, -0.1) is 0 Å². The molecule has 3 aromatic carbocycles. The minimum absolute atomic E-state index is 0.127. The van der Waals surface area contributed by atoms with Crippen molar-refractivity contribution < 1.29 is 23.4 Å². The van der Waals surface area contributed by atoms with Crippen molar-refractivity contribution in [3.63, 3.8) is 0 Å². The molecule has 0 aliphatic carbocycles. The van der Waals surface area contributed by atoms with Crippen LogP contribution < -0.4 is 4.74 Å². The van der Waals surface area contributed by atoms with Crippen LogP contribution in [0.3, 0.4) is 0 Å². The second-order valence-electron chi connectivity index (χ2n) is 6.21. The summed E-state index contributed by atoms with van der Waals surface area (Å²) >= 11 is 0. The second-order valence-corrected chi connectivity index (χ2v) is 6.21. The molecular weight excluding hydrogens is 359 g/mol. The predicted molar refractivity (Wildman–Crippen MR) is 102 cm³/mol. The van der Waals surface area contributed by atoms with E-state index < -0.39 is 12.3 Å². The Bertz CT molecular complexity index is 997. The van der Waals surface area contributed by atoms with Gasteiger partial charge in [0.05, 0.1) is 6.08 Å². The van der Waals surface area contributed by atoms with Crippen LogP contribution in [-0.4, -0.2) is 5.97 Å². The Balaban J connectivity index is 1.44. The minimum atomic E-state index is -0.840. The maximum Gasteiger partial charge on any atom is 0.337 e. The third-order valence-corrected chi connectivity index (χ3v) is 4.27. The van der Waals surface area contributed by atoms with Crippen LogP contribution in [0.5, 0.6) is 5.75 Å². The number of halogens is 1. The highest BCUT2D eigenvalue weighted by Crippen LogP contribution is 2.32. The fraction of sp³-hybridized carbons (Fsp3) is 0.0870. The second kappa shape index (κ2) is 7.96. The highest BCUT2D eigenvalue weighted by Gasteiger charge is 2.25. The van der Waals surface area contributed by atoms with Crippen LogP contribution in [0.2, 0.25) is 0 Å². The van der Waals surface area contributed by atoms with Crippen molar-refractivity contribution in [3.05, 3.63) is 107 Å². The highest BCUT2D eigenvalue weighted by molar-refractivity contribution is 5.91. The van der Waals surface area contributed by atoms with Gasteiger partial charge >= 0.3 is 5.97 Å². The maximum absolute atomic E-state index is 13.7. The van der Waals surface area contributed by atoms with Crippen molar-refractivity contribution >= 4 is 11.7 Å². The van der Waals surface area contributed by atoms with E-state index in [1.807, 2.05) is 30.3 Å². The third-order valence-electron chi connectivity index (χ3n) is 4.27. The molecule has 1 atom stereocenters. The van der Waals surface area contributed by atoms with Crippen LogP contribution in [-0.2, 0) is 20.9 Å². The number of carbonyl (C=O) groups is 1. The smallest absolute Gasteiger partial charge is 0.337 e. The lowest BCUT2D eigenvalue weighted by Gasteiger charge is -2.25. The summed E-state index contributed by atoms with van der Waals surface area (Å²) in [6, 6.07) is 22.8. The largest absolute Gasteiger partial charge is 0.489 e. The van der Waals surface area contributed by atoms with Crippen molar-refractivity contribution in [2.75, 3.05) is 0 Å². The molecule has 0 radical (unpaired) electrons. The Labute approximate surface area is 161 Å². The number of esters is 1. The van der Waals surface area contributed by atoms with Gasteiger partial charge in [-0.3, -0.25) is 0 Å². The number of cyclic esters (lactones) is 1. The molecule has 0 unspecified atom stereocenters. The summed E-state index contributed by atoms with van der Waals surface area (Å²) in [6.07, 6.45) is 0.492. The van der Waals surface area contributed by atoms with E-state index in [1.165, 1.54) is 12.1 Å². The lowest BCUT2D eigenvalue weighted by atomic mass is 10.1. The molecule has 28 heavy (non-hydrogen) atoms. The van der Waals surface area contributed by atoms with Crippen molar-refractivity contribution in [2.45, 2.75) is 12.9 Å². The molecule has 140 valence electrons. The standard InChI is InChI=1S/C23H17FO4/c24-20-9-5-4-8-18(20)15-26-19-12-10-17(11-13-19)23-27-21(14-22(25)28-23)16-6-2-1-3-7-16/h1-14,23H,15H2/t23-/m1/s1. The summed E-state index contributed by atoms with van der Waals surface area (Å²) in [5.74, 6) is 0.270. The average Bonchev–Trinajstić information content (AvgIpc) is 2.74. The van der Waals surface area contributed by atoms with Gasteiger partial charge in [-0.05, 0) is 30.3 Å². The molecule has 1 aliphatic heterocycles. The van der Waals surface area contributed by atoms with E-state index in [-0.39, 0.29) is 12.4 Å². The number of benzene rings is 3. The maximum atomic E-state index is 13.7. The average molecular weight is 376 g/mol. The topological polar surface area (TPSA) is 44.8 Å². The molecular formula is C23H17FO4. The van der Waals surface area contributed by atoms with Gasteiger partial charge in [-0.1, -0.05) is 48.5 Å². The van der Waals surface area contributed by atoms with Crippen LogP contribution in [0.4, 0.5) is 4.39 Å². The van der Waals surface area contributed by atoms with E-state index in [9.17, 15) is 9.18 Å². The molecule has 0 amide bonds. The number of rotatable bonds is 5. The summed E-state index contributed by atoms with van der Waals surface area (Å²) in [7, 11) is 0. The normalized spacial score (nSPS) is 16.0. The van der Waals surface area contributed by atoms with Gasteiger partial charge in [0.1, 0.15) is 23.9 Å². The Morgan fingerprint density at radius 2 is 1.57 bits per heavy atom. The summed E-state index contributed by atoms with van der Waals surface area (Å²) < 4.78 is 30.4. The first-order chi connectivity index (χ1) is 13.7. The van der Waals surface area contributed by atoms with Crippen molar-refractivity contribution in [3.8, 4) is 5.75 Å². The molecule has 5 heteroatoms. The fourth-order valence-electron chi connectivity index (χ4n) is 2.81. The van der Waals surface area contributed by atoms with E-state index in [4.69, 9.17) is 14.2 Å². The van der Waals surface area contributed by atoms with Gasteiger partial charge in [0, 0.05) is 16.7 Å². The lowest BCUT2D eigenvalue weighted by molar-refractivity contribution is -0.166. The van der Waals surface area contributed by atoms with Crippen LogP contribution in [0, 0.1) is 5.82 Å². The molecule has 0 bridgehead atoms. The number of carbonyl (C=O) groups excluding carboxylic acids is 1. The number of ether oxygens (including phenoxy) is 3. The molecule has 3 aromatic rings. The third kappa shape index (κ3) is 4.04. The predicted octanol–water partition coefficient (Wildman–Crippen LogP) is 5.02. The van der Waals surface area contributed by atoms with E-state index >= 15 is 0 Å². The molecule has 0 aromatic heterocycles. The zero-order chi connectivity index (χ0) is 19.3. The highest BCUT2D eigenvalue weighted by atomic mass is 19.1. The van der Waals surface area contributed by atoms with Crippen molar-refractivity contribution in [2.24, 2.45) is 0 Å². The minimum Gasteiger partial charge on any atom is -0.489 e. The molecule has 4 nitrogen and oxygen atoms in total. The number of hydrogen-bond acceptors (Lipinski definition) is 4. The van der Waals surface area contributed by atoms with E-state index in [2.05, 4.69) is 0 Å². The summed E-state index contributed by atoms with van der Waals surface area (Å²) in [5.41, 5.74) is 1.95. The summed E-state index contributed by atoms with van der Waals surface area (Å²) in [4.78, 5) is 11.9. The molecule has 1 heterocycles. The zero-order valence-electron chi connectivity index (χ0n) is 14.9. The Hall–Kier alpha value is -3.60. The molecule has 0 spiro atoms. The Kier molecular flexibility index (Phi) is 5.06. The summed E-state index contributed by atoms with van der Waals surface area (Å²) in [5, 5.41) is 0. The van der Waals surface area contributed by atoms with Gasteiger partial charge in [-0.2, -0.15) is 0 Å². The van der Waals surface area contributed by atoms with E-state index in [0.29, 0.717) is 22.6 Å². The van der Waals surface area contributed by atoms with Crippen LogP contribution in [0.15, 0.2) is 84.9 Å². The van der Waals surface area contributed by atoms with Crippen LogP contribution in [0.25, 0.3) is 5.76 Å². The van der Waals surface area contributed by atoms with E-state index in [1.54, 1.807) is 42.5 Å². The van der Waals surface area contributed by atoms with Gasteiger partial charge < -0.3 is 14.2 Å². The first-order valence-electron chi connectivity index (χ1n) is 8.79. The monoisotopic (exact) mass is 376 g/mol. The molecule has 0 fully saturated rings. The van der Waals surface area contributed by atoms with Crippen molar-refractivity contribution in [1.82, 2.24) is 0 Å². The van der Waals surface area contributed by atoms with Gasteiger partial charge in [-0.25, -0.2) is 9.18 Å². The van der Waals surface area contributed by atoms with Crippen molar-refractivity contribution in [1.29, 1.82) is 0 Å². The molecule has 0 saturated carbocycles. The fourth-order valence-corrected chi connectivity index (χ4v) is 2.81. The quantitative estimate of drug-likeness (QED) is 0.587. The number of hydrogen-bond donors (Lipinski definition) is 0. The van der Waals surface area contributed by atoms with E-state index in [0.717, 1.165) is 5.56 Å². The van der Waals surface area contributed by atoms with Gasteiger partial charge in [0.2, 0.25) is 0 Å². The molecule has 4 rings (SSSR count). The molecule has 0 N–H and O–H groups in total. The first kappa shape index (κ1) is 17.8. The summed E-state index contributed by atoms with van der Waals surface area (Å²) in [6.45, 7) is 0.127. The molecule has 0 saturated heterocycles. The van der Waals surface area contributed by atoms with Crippen LogP contribution in [0.1, 0.15) is 23.0 Å². The van der Waals surface area contributed by atoms with Gasteiger partial charge in [0.15, 0.2) is 0 Å². The Morgan fingerprint density at radius 3 is 2.32 bits per heavy atom. The molecule has 1 aliphatic rings. The first-order valence-corrected chi connectivity index (χ1v) is 8.79. The lowest BCUT2D eigenvalue weighted by Crippen LogP contribution is -2.18.